The van der Waals surface area contributed by atoms with Crippen LogP contribution in [-0.4, -0.2) is 28.5 Å². The number of rotatable bonds is 4. The van der Waals surface area contributed by atoms with Crippen LogP contribution in [0.5, 0.6) is 0 Å². The van der Waals surface area contributed by atoms with Crippen LogP contribution < -0.4 is 4.72 Å². The van der Waals surface area contributed by atoms with Crippen molar-refractivity contribution in [2.24, 2.45) is 0 Å². The highest BCUT2D eigenvalue weighted by Gasteiger charge is 2.20. The molecule has 0 radical (unpaired) electrons. The zero-order valence-electron chi connectivity index (χ0n) is 10.6. The van der Waals surface area contributed by atoms with E-state index >= 15 is 0 Å². The Balaban J connectivity index is 2.33. The summed E-state index contributed by atoms with van der Waals surface area (Å²) in [5.41, 5.74) is 1.42. The van der Waals surface area contributed by atoms with Crippen molar-refractivity contribution in [3.63, 3.8) is 0 Å². The molecule has 20 heavy (non-hydrogen) atoms. The third-order valence-electron chi connectivity index (χ3n) is 2.58. The summed E-state index contributed by atoms with van der Waals surface area (Å²) in [5.74, 6) is -0.417. The largest absolute Gasteiger partial charge is 0.363 e. The van der Waals surface area contributed by atoms with Crippen molar-refractivity contribution in [1.82, 2.24) is 15.2 Å². The second kappa shape index (κ2) is 4.89. The average Bonchev–Trinajstić information content (AvgIpc) is 2.70. The molecule has 0 fully saturated rings. The average molecular weight is 297 g/mol. The maximum absolute atomic E-state index is 12.1. The molecule has 2 aromatic rings. The van der Waals surface area contributed by atoms with Crippen LogP contribution in [0.4, 0.5) is 11.5 Å². The fourth-order valence-corrected chi connectivity index (χ4v) is 2.66. The number of anilines is 1. The molecule has 0 unspecified atom stereocenters. The fraction of sp³-hybridized carbons (Fsp3) is 0.200. The van der Waals surface area contributed by atoms with E-state index in [1.165, 1.54) is 0 Å². The molecule has 2 rings (SSSR count). The van der Waals surface area contributed by atoms with E-state index in [-0.39, 0.29) is 4.90 Å². The molecule has 2 N–H and O–H groups in total. The number of aromatic nitrogens is 3. The molecule has 0 aliphatic rings. The van der Waals surface area contributed by atoms with E-state index in [9.17, 15) is 18.5 Å². The third-order valence-corrected chi connectivity index (χ3v) is 3.92. The van der Waals surface area contributed by atoms with Gasteiger partial charge in [-0.3, -0.25) is 9.82 Å². The SMILES string of the molecule is Cc1n[nH]c(C)c1NS(=O)(=O)c1ccc([N+](=O)[O-])nc1. The lowest BCUT2D eigenvalue weighted by Gasteiger charge is -2.06. The second-order valence-corrected chi connectivity index (χ2v) is 5.71. The van der Waals surface area contributed by atoms with E-state index < -0.39 is 20.8 Å². The zero-order valence-corrected chi connectivity index (χ0v) is 11.4. The molecular weight excluding hydrogens is 286 g/mol. The molecule has 0 saturated carbocycles. The quantitative estimate of drug-likeness (QED) is 0.642. The van der Waals surface area contributed by atoms with Gasteiger partial charge in [-0.15, -0.1) is 0 Å². The predicted octanol–water partition coefficient (Wildman–Crippen LogP) is 1.13. The number of sulfonamides is 1. The molecule has 2 heterocycles. The molecular formula is C10H11N5O4S. The van der Waals surface area contributed by atoms with Crippen LogP contribution in [0, 0.1) is 24.0 Å². The van der Waals surface area contributed by atoms with Crippen molar-refractivity contribution >= 4 is 21.5 Å². The Morgan fingerprint density at radius 1 is 1.35 bits per heavy atom. The first-order valence-electron chi connectivity index (χ1n) is 5.46. The summed E-state index contributed by atoms with van der Waals surface area (Å²) in [6.07, 6.45) is 0.936. The number of aryl methyl sites for hydroxylation is 2. The van der Waals surface area contributed by atoms with Crippen molar-refractivity contribution < 1.29 is 13.3 Å². The van der Waals surface area contributed by atoms with Gasteiger partial charge in [-0.05, 0) is 29.8 Å². The smallest absolute Gasteiger partial charge is 0.358 e. The summed E-state index contributed by atoms with van der Waals surface area (Å²) in [6, 6.07) is 2.15. The van der Waals surface area contributed by atoms with Crippen molar-refractivity contribution in [1.29, 1.82) is 0 Å². The molecule has 0 saturated heterocycles. The minimum Gasteiger partial charge on any atom is -0.358 e. The number of hydrogen-bond donors (Lipinski definition) is 2. The van der Waals surface area contributed by atoms with E-state index in [2.05, 4.69) is 19.9 Å². The van der Waals surface area contributed by atoms with Crippen LogP contribution in [-0.2, 0) is 10.0 Å². The molecule has 106 valence electrons. The van der Waals surface area contributed by atoms with Gasteiger partial charge in [-0.25, -0.2) is 8.42 Å². The molecule has 0 amide bonds. The molecule has 0 aliphatic heterocycles. The van der Waals surface area contributed by atoms with Gasteiger partial charge in [0.25, 0.3) is 10.0 Å². The van der Waals surface area contributed by atoms with Gasteiger partial charge < -0.3 is 10.1 Å². The lowest BCUT2D eigenvalue weighted by Crippen LogP contribution is -2.14. The number of hydrogen-bond acceptors (Lipinski definition) is 6. The normalized spacial score (nSPS) is 11.3. The minimum atomic E-state index is -3.87. The van der Waals surface area contributed by atoms with Crippen LogP contribution in [0.1, 0.15) is 11.4 Å². The molecule has 0 aromatic carbocycles. The van der Waals surface area contributed by atoms with Gasteiger partial charge in [0.05, 0.1) is 17.1 Å². The van der Waals surface area contributed by atoms with Gasteiger partial charge in [0.1, 0.15) is 4.90 Å². The highest BCUT2D eigenvalue weighted by molar-refractivity contribution is 7.92. The van der Waals surface area contributed by atoms with Gasteiger partial charge in [0.15, 0.2) is 6.20 Å². The van der Waals surface area contributed by atoms with Gasteiger partial charge >= 0.3 is 5.82 Å². The summed E-state index contributed by atoms with van der Waals surface area (Å²) in [5, 5.41) is 17.0. The number of nitrogens with one attached hydrogen (secondary N) is 2. The molecule has 0 spiro atoms. The number of H-pyrrole nitrogens is 1. The summed E-state index contributed by atoms with van der Waals surface area (Å²) in [4.78, 5) is 13.1. The molecule has 9 nitrogen and oxygen atoms in total. The molecule has 2 aromatic heterocycles. The van der Waals surface area contributed by atoms with E-state index in [1.807, 2.05) is 0 Å². The predicted molar refractivity (Wildman–Crippen MR) is 69.8 cm³/mol. The number of pyridine rings is 1. The van der Waals surface area contributed by atoms with Crippen LogP contribution in [0.2, 0.25) is 0 Å². The molecule has 10 heteroatoms. The third kappa shape index (κ3) is 2.59. The Morgan fingerprint density at radius 2 is 2.05 bits per heavy atom. The molecule has 0 atom stereocenters. The maximum atomic E-state index is 12.1. The van der Waals surface area contributed by atoms with Gasteiger partial charge in [-0.2, -0.15) is 5.10 Å². The van der Waals surface area contributed by atoms with Crippen LogP contribution in [0.15, 0.2) is 23.2 Å². The van der Waals surface area contributed by atoms with E-state index in [4.69, 9.17) is 0 Å². The zero-order chi connectivity index (χ0) is 14.9. The Bertz CT molecular complexity index is 731. The molecule has 0 aliphatic carbocycles. The first-order chi connectivity index (χ1) is 9.31. The van der Waals surface area contributed by atoms with E-state index in [0.717, 1.165) is 18.3 Å². The Kier molecular flexibility index (Phi) is 3.40. The minimum absolute atomic E-state index is 0.164. The van der Waals surface area contributed by atoms with Gasteiger partial charge in [0.2, 0.25) is 0 Å². The fourth-order valence-electron chi connectivity index (χ4n) is 1.53. The lowest BCUT2D eigenvalue weighted by atomic mass is 10.3. The number of aromatic amines is 1. The molecule has 0 bridgehead atoms. The van der Waals surface area contributed by atoms with E-state index in [1.54, 1.807) is 13.8 Å². The first kappa shape index (κ1) is 13.9. The highest BCUT2D eigenvalue weighted by atomic mass is 32.2. The standard InChI is InChI=1S/C10H11N5O4S/c1-6-10(7(2)13-12-6)14-20(18,19)8-3-4-9(11-5-8)15(16)17/h3-5,14H,1-2H3,(H,12,13). The van der Waals surface area contributed by atoms with Crippen molar-refractivity contribution in [3.8, 4) is 0 Å². The van der Waals surface area contributed by atoms with Gasteiger partial charge in [-0.1, -0.05) is 0 Å². The summed E-state index contributed by atoms with van der Waals surface area (Å²) < 4.78 is 26.6. The summed E-state index contributed by atoms with van der Waals surface area (Å²) in [7, 11) is -3.87. The highest BCUT2D eigenvalue weighted by Crippen LogP contribution is 2.21. The summed E-state index contributed by atoms with van der Waals surface area (Å²) >= 11 is 0. The van der Waals surface area contributed by atoms with Crippen LogP contribution >= 0.6 is 0 Å². The number of nitro groups is 1. The topological polar surface area (TPSA) is 131 Å². The van der Waals surface area contributed by atoms with Gasteiger partial charge in [0, 0.05) is 6.07 Å². The maximum Gasteiger partial charge on any atom is 0.363 e. The second-order valence-electron chi connectivity index (χ2n) is 4.02. The van der Waals surface area contributed by atoms with Crippen LogP contribution in [0.3, 0.4) is 0 Å². The Morgan fingerprint density at radius 3 is 2.50 bits per heavy atom. The lowest BCUT2D eigenvalue weighted by molar-refractivity contribution is -0.389. The number of nitrogens with zero attached hydrogens (tertiary/aromatic N) is 3. The van der Waals surface area contributed by atoms with Crippen molar-refractivity contribution in [2.45, 2.75) is 18.7 Å². The summed E-state index contributed by atoms with van der Waals surface area (Å²) in [6.45, 7) is 3.32. The van der Waals surface area contributed by atoms with Crippen molar-refractivity contribution in [3.05, 3.63) is 39.8 Å². The van der Waals surface area contributed by atoms with Crippen LogP contribution in [0.25, 0.3) is 0 Å². The Labute approximate surface area is 114 Å². The van der Waals surface area contributed by atoms with Crippen molar-refractivity contribution in [2.75, 3.05) is 4.72 Å². The van der Waals surface area contributed by atoms with E-state index in [0.29, 0.717) is 17.1 Å². The first-order valence-corrected chi connectivity index (χ1v) is 6.94. The Hall–Kier alpha value is -2.49. The monoisotopic (exact) mass is 297 g/mol.